The Morgan fingerprint density at radius 3 is 2.60 bits per heavy atom. The molecule has 5 aromatic rings. The number of amides is 1. The smallest absolute Gasteiger partial charge is 0.257 e. The van der Waals surface area contributed by atoms with Gasteiger partial charge in [-0.05, 0) is 53.2 Å². The average Bonchev–Trinajstić information content (AvgIpc) is 3.45. The first-order chi connectivity index (χ1) is 14.7. The molecule has 8 heteroatoms. The summed E-state index contributed by atoms with van der Waals surface area (Å²) in [4.78, 5) is 17.5. The molecule has 8 nitrogen and oxygen atoms in total. The number of hydrogen-bond donors (Lipinski definition) is 1. The van der Waals surface area contributed by atoms with Crippen molar-refractivity contribution in [1.29, 1.82) is 0 Å². The predicted molar refractivity (Wildman–Crippen MR) is 112 cm³/mol. The number of carbonyl (C=O) groups is 1. The Labute approximate surface area is 171 Å². The summed E-state index contributed by atoms with van der Waals surface area (Å²) in [5.74, 6) is -0.239. The molecule has 3 aromatic heterocycles. The van der Waals surface area contributed by atoms with Crippen molar-refractivity contribution in [3.05, 3.63) is 90.5 Å². The fourth-order valence-corrected chi connectivity index (χ4v) is 3.35. The Hall–Kier alpha value is -4.33. The van der Waals surface area contributed by atoms with E-state index in [1.165, 1.54) is 11.0 Å². The van der Waals surface area contributed by atoms with Crippen molar-refractivity contribution >= 4 is 17.2 Å². The highest BCUT2D eigenvalue weighted by molar-refractivity contribution is 6.06. The van der Waals surface area contributed by atoms with Gasteiger partial charge in [0, 0.05) is 23.6 Å². The first-order valence-corrected chi connectivity index (χ1v) is 9.37. The lowest BCUT2D eigenvalue weighted by Crippen LogP contribution is -2.15. The summed E-state index contributed by atoms with van der Waals surface area (Å²) >= 11 is 0. The number of para-hydroxylation sites is 1. The molecule has 0 saturated heterocycles. The van der Waals surface area contributed by atoms with Crippen molar-refractivity contribution in [3.8, 4) is 16.9 Å². The van der Waals surface area contributed by atoms with Crippen molar-refractivity contribution in [2.75, 3.05) is 5.32 Å². The zero-order valence-electron chi connectivity index (χ0n) is 16.1. The summed E-state index contributed by atoms with van der Waals surface area (Å²) in [6.07, 6.45) is 5.44. The van der Waals surface area contributed by atoms with Crippen LogP contribution in [0.2, 0.25) is 0 Å². The van der Waals surface area contributed by atoms with E-state index < -0.39 is 0 Å². The average molecular weight is 395 g/mol. The zero-order chi connectivity index (χ0) is 20.5. The number of rotatable bonds is 4. The first kappa shape index (κ1) is 17.7. The number of aryl methyl sites for hydroxylation is 1. The van der Waals surface area contributed by atoms with Crippen LogP contribution in [0.4, 0.5) is 5.69 Å². The Morgan fingerprint density at radius 1 is 1.00 bits per heavy atom. The van der Waals surface area contributed by atoms with Gasteiger partial charge in [-0.25, -0.2) is 4.98 Å². The van der Waals surface area contributed by atoms with E-state index in [4.69, 9.17) is 4.98 Å². The van der Waals surface area contributed by atoms with Gasteiger partial charge in [-0.15, -0.1) is 5.10 Å². The topological polar surface area (TPSA) is 90.0 Å². The molecule has 1 N–H and O–H groups in total. The van der Waals surface area contributed by atoms with Crippen LogP contribution in [0.3, 0.4) is 0 Å². The number of carbonyl (C=O) groups excluding carboxylic acids is 1. The van der Waals surface area contributed by atoms with Gasteiger partial charge in [-0.2, -0.15) is 4.68 Å². The molecule has 0 aliphatic carbocycles. The maximum atomic E-state index is 12.8. The van der Waals surface area contributed by atoms with Gasteiger partial charge in [0.25, 0.3) is 5.91 Å². The van der Waals surface area contributed by atoms with E-state index >= 15 is 0 Å². The molecule has 1 amide bonds. The van der Waals surface area contributed by atoms with Crippen molar-refractivity contribution in [2.45, 2.75) is 6.92 Å². The van der Waals surface area contributed by atoms with Gasteiger partial charge in [0.05, 0.1) is 16.9 Å². The lowest BCUT2D eigenvalue weighted by atomic mass is 10.1. The van der Waals surface area contributed by atoms with Gasteiger partial charge in [0.1, 0.15) is 12.0 Å². The van der Waals surface area contributed by atoms with Crippen LogP contribution in [-0.4, -0.2) is 35.5 Å². The molecule has 0 spiro atoms. The van der Waals surface area contributed by atoms with Crippen LogP contribution in [0.1, 0.15) is 15.9 Å². The first-order valence-electron chi connectivity index (χ1n) is 9.37. The number of tetrazole rings is 1. The third kappa shape index (κ3) is 3.20. The highest BCUT2D eigenvalue weighted by Gasteiger charge is 2.14. The Balaban J connectivity index is 1.39. The number of imidazole rings is 1. The number of fused-ring (bicyclic) bond motifs is 1. The molecule has 0 atom stereocenters. The van der Waals surface area contributed by atoms with Crippen molar-refractivity contribution in [2.24, 2.45) is 0 Å². The van der Waals surface area contributed by atoms with E-state index in [0.717, 1.165) is 22.5 Å². The molecule has 30 heavy (non-hydrogen) atoms. The van der Waals surface area contributed by atoms with Crippen molar-refractivity contribution in [3.63, 3.8) is 0 Å². The van der Waals surface area contributed by atoms with Crippen LogP contribution in [0.5, 0.6) is 0 Å². The lowest BCUT2D eigenvalue weighted by Gasteiger charge is -2.09. The van der Waals surface area contributed by atoms with Gasteiger partial charge >= 0.3 is 0 Å². The lowest BCUT2D eigenvalue weighted by molar-refractivity contribution is 0.102. The third-order valence-electron chi connectivity index (χ3n) is 4.86. The number of benzene rings is 2. The van der Waals surface area contributed by atoms with E-state index in [1.807, 2.05) is 66.2 Å². The van der Waals surface area contributed by atoms with E-state index in [9.17, 15) is 4.79 Å². The minimum Gasteiger partial charge on any atom is -0.322 e. The van der Waals surface area contributed by atoms with Crippen molar-refractivity contribution < 1.29 is 4.79 Å². The monoisotopic (exact) mass is 395 g/mol. The molecule has 3 heterocycles. The Bertz CT molecular complexity index is 1340. The molecule has 0 fully saturated rings. The molecule has 146 valence electrons. The maximum Gasteiger partial charge on any atom is 0.257 e. The third-order valence-corrected chi connectivity index (χ3v) is 4.86. The van der Waals surface area contributed by atoms with Gasteiger partial charge in [-0.1, -0.05) is 30.3 Å². The minimum atomic E-state index is -0.239. The second-order valence-electron chi connectivity index (χ2n) is 6.85. The van der Waals surface area contributed by atoms with Gasteiger partial charge in [0.15, 0.2) is 0 Å². The normalized spacial score (nSPS) is 11.0. The summed E-state index contributed by atoms with van der Waals surface area (Å²) in [7, 11) is 0. The highest BCUT2D eigenvalue weighted by atomic mass is 16.1. The number of hydrogen-bond acceptors (Lipinski definition) is 5. The van der Waals surface area contributed by atoms with Crippen molar-refractivity contribution in [1.82, 2.24) is 29.6 Å². The summed E-state index contributed by atoms with van der Waals surface area (Å²) < 4.78 is 3.47. The molecular formula is C22H17N7O. The Morgan fingerprint density at radius 2 is 1.83 bits per heavy atom. The quantitative estimate of drug-likeness (QED) is 0.503. The number of anilines is 1. The number of pyridine rings is 1. The molecule has 0 aliphatic rings. The fourth-order valence-electron chi connectivity index (χ4n) is 3.35. The van der Waals surface area contributed by atoms with Crippen LogP contribution in [-0.2, 0) is 0 Å². The molecule has 0 aliphatic heterocycles. The number of aromatic nitrogens is 6. The Kier molecular flexibility index (Phi) is 4.29. The molecule has 5 rings (SSSR count). The number of nitrogens with zero attached hydrogens (tertiary/aromatic N) is 6. The van der Waals surface area contributed by atoms with Crippen LogP contribution in [0.15, 0.2) is 79.4 Å². The zero-order valence-corrected chi connectivity index (χ0v) is 16.1. The summed E-state index contributed by atoms with van der Waals surface area (Å²) in [6, 6.07) is 18.8. The van der Waals surface area contributed by atoms with E-state index in [2.05, 4.69) is 20.8 Å². The molecular weight excluding hydrogens is 378 g/mol. The van der Waals surface area contributed by atoms with Crippen LogP contribution in [0, 0.1) is 6.92 Å². The summed E-state index contributed by atoms with van der Waals surface area (Å²) in [6.45, 7) is 2.04. The highest BCUT2D eigenvalue weighted by Crippen LogP contribution is 2.23. The van der Waals surface area contributed by atoms with E-state index in [1.54, 1.807) is 18.2 Å². The predicted octanol–water partition coefficient (Wildman–Crippen LogP) is 3.54. The van der Waals surface area contributed by atoms with Crippen LogP contribution in [0.25, 0.3) is 22.6 Å². The molecule has 0 saturated carbocycles. The SMILES string of the molecule is Cc1cccn2cc(-c3ccc(NC(=O)c4ccccc4-n4cnnn4)cc3)nc12. The second kappa shape index (κ2) is 7.25. The molecule has 0 unspecified atom stereocenters. The van der Waals surface area contributed by atoms with Gasteiger partial charge in [-0.3, -0.25) is 4.79 Å². The van der Waals surface area contributed by atoms with Gasteiger partial charge < -0.3 is 9.72 Å². The molecule has 0 bridgehead atoms. The number of nitrogens with one attached hydrogen (secondary N) is 1. The van der Waals surface area contributed by atoms with E-state index in [-0.39, 0.29) is 5.91 Å². The standard InChI is InChI=1S/C22H17N7O/c1-15-5-4-12-28-13-19(25-21(15)28)16-8-10-17(11-9-16)24-22(30)18-6-2-3-7-20(18)29-14-23-26-27-29/h2-14H,1H3,(H,24,30). The molecule has 2 aromatic carbocycles. The fraction of sp³-hybridized carbons (Fsp3) is 0.0455. The van der Waals surface area contributed by atoms with Gasteiger partial charge in [0.2, 0.25) is 0 Å². The van der Waals surface area contributed by atoms with Crippen LogP contribution >= 0.6 is 0 Å². The summed E-state index contributed by atoms with van der Waals surface area (Å²) in [5.41, 5.74) is 5.69. The second-order valence-corrected chi connectivity index (χ2v) is 6.85. The largest absolute Gasteiger partial charge is 0.322 e. The molecule has 0 radical (unpaired) electrons. The minimum absolute atomic E-state index is 0.239. The summed E-state index contributed by atoms with van der Waals surface area (Å²) in [5, 5.41) is 14.1. The van der Waals surface area contributed by atoms with Crippen LogP contribution < -0.4 is 5.32 Å². The van der Waals surface area contributed by atoms with E-state index in [0.29, 0.717) is 16.9 Å². The maximum absolute atomic E-state index is 12.8.